The molecule has 1 saturated heterocycles. The van der Waals surface area contributed by atoms with Crippen molar-refractivity contribution in [3.63, 3.8) is 0 Å². The quantitative estimate of drug-likeness (QED) is 0.352. The minimum atomic E-state index is -1.50. The number of esters is 1. The van der Waals surface area contributed by atoms with E-state index in [2.05, 4.69) is 4.74 Å². The van der Waals surface area contributed by atoms with Gasteiger partial charge >= 0.3 is 5.97 Å². The van der Waals surface area contributed by atoms with Gasteiger partial charge in [0.15, 0.2) is 0 Å². The summed E-state index contributed by atoms with van der Waals surface area (Å²) < 4.78 is 3.13. The fourth-order valence-corrected chi connectivity index (χ4v) is 1.17. The second-order valence-corrected chi connectivity index (χ2v) is 4.47. The maximum absolute atomic E-state index is 10.8. The van der Waals surface area contributed by atoms with Gasteiger partial charge in [0, 0.05) is 12.0 Å². The van der Waals surface area contributed by atoms with Gasteiger partial charge in [-0.15, -0.1) is 0 Å². The first-order valence-electron chi connectivity index (χ1n) is 2.94. The van der Waals surface area contributed by atoms with Crippen LogP contribution in [0.4, 0.5) is 0 Å². The number of alkyl halides is 3. The van der Waals surface area contributed by atoms with E-state index < -0.39 is 9.76 Å². The highest BCUT2D eigenvalue weighted by Crippen LogP contribution is 2.30. The molecule has 0 aliphatic carbocycles. The van der Waals surface area contributed by atoms with E-state index >= 15 is 0 Å². The van der Waals surface area contributed by atoms with Crippen LogP contribution in [-0.4, -0.2) is 16.4 Å². The Hall–Kier alpha value is 0.0800. The molecule has 1 heterocycles. The largest absolute Gasteiger partial charge is 0.462 e. The van der Waals surface area contributed by atoms with Crippen molar-refractivity contribution in [3.05, 3.63) is 11.6 Å². The van der Waals surface area contributed by atoms with Crippen LogP contribution in [0.3, 0.4) is 0 Å². The van der Waals surface area contributed by atoms with Crippen LogP contribution in [0, 0.1) is 0 Å². The molecule has 11 heavy (non-hydrogen) atoms. The van der Waals surface area contributed by atoms with Gasteiger partial charge in [-0.05, 0) is 6.08 Å². The summed E-state index contributed by atoms with van der Waals surface area (Å²) in [5, 5.41) is 0. The predicted octanol–water partition coefficient (Wildman–Crippen LogP) is 2.23. The monoisotopic (exact) mass is 214 g/mol. The number of rotatable bonds is 0. The second kappa shape index (κ2) is 3.21. The van der Waals surface area contributed by atoms with Crippen molar-refractivity contribution in [3.8, 4) is 0 Å². The highest BCUT2D eigenvalue weighted by Gasteiger charge is 2.24. The lowest BCUT2D eigenvalue weighted by Gasteiger charge is -2.03. The first-order chi connectivity index (χ1) is 4.99. The Bertz CT molecular complexity index is 204. The Labute approximate surface area is 79.1 Å². The SMILES string of the molecule is O=C1OCC/C1=C/C(Cl)(Cl)Cl. The molecule has 0 unspecified atom stereocenters. The first kappa shape index (κ1) is 9.17. The number of carbonyl (C=O) groups is 1. The van der Waals surface area contributed by atoms with E-state index in [9.17, 15) is 4.79 Å². The lowest BCUT2D eigenvalue weighted by Crippen LogP contribution is -2.02. The van der Waals surface area contributed by atoms with Gasteiger partial charge in [-0.3, -0.25) is 0 Å². The van der Waals surface area contributed by atoms with E-state index in [1.54, 1.807) is 0 Å². The molecular weight excluding hydrogens is 210 g/mol. The Balaban J connectivity index is 2.73. The third-order valence-corrected chi connectivity index (χ3v) is 1.53. The molecule has 0 bridgehead atoms. The van der Waals surface area contributed by atoms with Crippen LogP contribution in [0.25, 0.3) is 0 Å². The van der Waals surface area contributed by atoms with Crippen molar-refractivity contribution < 1.29 is 9.53 Å². The summed E-state index contributed by atoms with van der Waals surface area (Å²) in [5.74, 6) is -0.392. The molecular formula is C6H5Cl3O2. The van der Waals surface area contributed by atoms with Crippen molar-refractivity contribution in [1.82, 2.24) is 0 Å². The summed E-state index contributed by atoms with van der Waals surface area (Å²) >= 11 is 16.3. The predicted molar refractivity (Wildman–Crippen MR) is 43.9 cm³/mol. The van der Waals surface area contributed by atoms with Crippen LogP contribution in [-0.2, 0) is 9.53 Å². The topological polar surface area (TPSA) is 26.3 Å². The van der Waals surface area contributed by atoms with Crippen LogP contribution < -0.4 is 0 Å². The van der Waals surface area contributed by atoms with E-state index in [0.717, 1.165) is 0 Å². The van der Waals surface area contributed by atoms with Crippen LogP contribution >= 0.6 is 34.8 Å². The molecule has 0 spiro atoms. The molecule has 0 aromatic heterocycles. The summed E-state index contributed by atoms with van der Waals surface area (Å²) in [6.07, 6.45) is 1.81. The molecule has 0 aromatic carbocycles. The van der Waals surface area contributed by atoms with E-state index in [1.807, 2.05) is 0 Å². The molecule has 0 aromatic rings. The van der Waals surface area contributed by atoms with Crippen molar-refractivity contribution in [2.45, 2.75) is 10.2 Å². The van der Waals surface area contributed by atoms with Gasteiger partial charge in [0.1, 0.15) is 0 Å². The summed E-state index contributed by atoms with van der Waals surface area (Å²) in [5.41, 5.74) is 0.435. The first-order valence-corrected chi connectivity index (χ1v) is 4.08. The zero-order chi connectivity index (χ0) is 8.48. The molecule has 2 nitrogen and oxygen atoms in total. The van der Waals surface area contributed by atoms with Gasteiger partial charge in [0.05, 0.1) is 6.61 Å². The van der Waals surface area contributed by atoms with Crippen LogP contribution in [0.1, 0.15) is 6.42 Å². The number of cyclic esters (lactones) is 1. The molecule has 1 aliphatic heterocycles. The summed E-state index contributed by atoms with van der Waals surface area (Å²) in [6.45, 7) is 0.380. The second-order valence-electron chi connectivity index (χ2n) is 2.10. The number of carbonyl (C=O) groups excluding carboxylic acids is 1. The van der Waals surface area contributed by atoms with Crippen molar-refractivity contribution in [2.75, 3.05) is 6.61 Å². The number of hydrogen-bond acceptors (Lipinski definition) is 2. The van der Waals surface area contributed by atoms with E-state index in [0.29, 0.717) is 18.6 Å². The Morgan fingerprint density at radius 3 is 2.45 bits per heavy atom. The molecule has 0 amide bonds. The van der Waals surface area contributed by atoms with Crippen molar-refractivity contribution in [2.24, 2.45) is 0 Å². The molecule has 0 saturated carbocycles. The zero-order valence-corrected chi connectivity index (χ0v) is 7.71. The molecule has 1 fully saturated rings. The van der Waals surface area contributed by atoms with Gasteiger partial charge in [0.2, 0.25) is 3.79 Å². The molecule has 1 aliphatic rings. The maximum atomic E-state index is 10.8. The number of ether oxygens (including phenoxy) is 1. The van der Waals surface area contributed by atoms with E-state index in [1.165, 1.54) is 6.08 Å². The molecule has 5 heteroatoms. The zero-order valence-electron chi connectivity index (χ0n) is 5.44. The Morgan fingerprint density at radius 2 is 2.09 bits per heavy atom. The minimum Gasteiger partial charge on any atom is -0.462 e. The lowest BCUT2D eigenvalue weighted by atomic mass is 10.2. The molecule has 0 atom stereocenters. The van der Waals surface area contributed by atoms with Crippen LogP contribution in [0.15, 0.2) is 11.6 Å². The number of hydrogen-bond donors (Lipinski definition) is 0. The summed E-state index contributed by atoms with van der Waals surface area (Å²) in [4.78, 5) is 10.8. The third kappa shape index (κ3) is 2.89. The van der Waals surface area contributed by atoms with Gasteiger partial charge in [0.25, 0.3) is 0 Å². The highest BCUT2D eigenvalue weighted by atomic mass is 35.6. The average molecular weight is 215 g/mol. The summed E-state index contributed by atoms with van der Waals surface area (Å²) in [7, 11) is 0. The van der Waals surface area contributed by atoms with Crippen LogP contribution in [0.2, 0.25) is 0 Å². The smallest absolute Gasteiger partial charge is 0.333 e. The normalized spacial score (nSPS) is 22.5. The van der Waals surface area contributed by atoms with E-state index in [4.69, 9.17) is 34.8 Å². The molecule has 62 valence electrons. The van der Waals surface area contributed by atoms with Gasteiger partial charge in [-0.2, -0.15) is 0 Å². The number of allylic oxidation sites excluding steroid dienone is 1. The highest BCUT2D eigenvalue weighted by molar-refractivity contribution is 6.69. The van der Waals surface area contributed by atoms with Crippen LogP contribution in [0.5, 0.6) is 0 Å². The standard InChI is InChI=1S/C6H5Cl3O2/c7-6(8,9)3-4-1-2-11-5(4)10/h3H,1-2H2/b4-3-. The molecule has 0 N–H and O–H groups in total. The molecule has 0 radical (unpaired) electrons. The van der Waals surface area contributed by atoms with Crippen molar-refractivity contribution in [1.29, 1.82) is 0 Å². The van der Waals surface area contributed by atoms with Gasteiger partial charge in [-0.1, -0.05) is 34.8 Å². The van der Waals surface area contributed by atoms with Gasteiger partial charge in [-0.25, -0.2) is 4.79 Å². The molecule has 1 rings (SSSR count). The summed E-state index contributed by atoms with van der Waals surface area (Å²) in [6, 6.07) is 0. The Morgan fingerprint density at radius 1 is 1.45 bits per heavy atom. The van der Waals surface area contributed by atoms with Gasteiger partial charge < -0.3 is 4.74 Å². The number of halogens is 3. The fraction of sp³-hybridized carbons (Fsp3) is 0.500. The average Bonchev–Trinajstić information content (AvgIpc) is 2.12. The third-order valence-electron chi connectivity index (χ3n) is 1.20. The Kier molecular flexibility index (Phi) is 2.68. The fourth-order valence-electron chi connectivity index (χ4n) is 0.777. The van der Waals surface area contributed by atoms with Crippen molar-refractivity contribution >= 4 is 40.8 Å². The lowest BCUT2D eigenvalue weighted by molar-refractivity contribution is -0.135. The maximum Gasteiger partial charge on any atom is 0.333 e. The van der Waals surface area contributed by atoms with E-state index in [-0.39, 0.29) is 0 Å². The minimum absolute atomic E-state index is 0.380.